The number of hydrogen-bond acceptors (Lipinski definition) is 12. The summed E-state index contributed by atoms with van der Waals surface area (Å²) in [5.41, 5.74) is -2.49. The predicted octanol–water partition coefficient (Wildman–Crippen LogP) is 9.95. The van der Waals surface area contributed by atoms with E-state index in [9.17, 15) is 79.2 Å². The zero-order valence-corrected chi connectivity index (χ0v) is 39.9. The molecule has 8 rings (SSSR count). The lowest BCUT2D eigenvalue weighted by Gasteiger charge is -2.26. The summed E-state index contributed by atoms with van der Waals surface area (Å²) < 4.78 is 24.7. The second-order valence-electron chi connectivity index (χ2n) is 16.8. The second kappa shape index (κ2) is 20.0. The van der Waals surface area contributed by atoms with Crippen LogP contribution < -0.4 is 18.9 Å². The van der Waals surface area contributed by atoms with Crippen LogP contribution in [-0.4, -0.2) is 117 Å². The largest absolute Gasteiger partial charge is 0.492 e. The van der Waals surface area contributed by atoms with Crippen molar-refractivity contribution in [1.29, 1.82) is 0 Å². The highest BCUT2D eigenvalue weighted by Gasteiger charge is 2.32. The van der Waals surface area contributed by atoms with Gasteiger partial charge in [-0.1, -0.05) is 24.3 Å². The number of hydrogen-bond donors (Lipinski definition) is 8. The first kappa shape index (κ1) is 51.6. The molecule has 0 radical (unpaired) electrons. The molecule has 20 heteroatoms. The van der Waals surface area contributed by atoms with Gasteiger partial charge in [-0.05, 0) is 140 Å². The van der Waals surface area contributed by atoms with Crippen LogP contribution in [0.2, 0.25) is 0 Å². The standard InChI is InChI=1S/C56H38O20/c1-73-45-41(27-13-33(53(65)66)19-34(14-27)54(67)68)39-21-23(25-9-29(49(57)58)17-30(10-25)50(59)60)5-7-37(39)43(47(45)75-3)44-38-8-6-24(26-11-31(51(61)62)18-32(12-26)52(63)64)22-40(38)42(46(74-2)48(44)76-4)28-15-35(55(69)70)20-36(16-28)56(71)72/h5-22H,1-4H3,(H,57,58)(H,59,60)(H,61,62)(H,63,64)(H,65,66)(H,67,68)(H,69,70)(H,71,72). The maximum absolute atomic E-state index is 12.6. The summed E-state index contributed by atoms with van der Waals surface area (Å²) in [6.45, 7) is 0. The van der Waals surface area contributed by atoms with Crippen molar-refractivity contribution in [2.24, 2.45) is 0 Å². The number of carboxylic acids is 8. The fourth-order valence-corrected chi connectivity index (χ4v) is 9.21. The maximum atomic E-state index is 12.6. The van der Waals surface area contributed by atoms with Crippen molar-refractivity contribution in [2.45, 2.75) is 0 Å². The van der Waals surface area contributed by atoms with Gasteiger partial charge in [0, 0.05) is 22.3 Å². The van der Waals surface area contributed by atoms with Gasteiger partial charge in [-0.25, -0.2) is 38.4 Å². The molecule has 20 nitrogen and oxygen atoms in total. The maximum Gasteiger partial charge on any atom is 0.335 e. The Balaban J connectivity index is 1.63. The van der Waals surface area contributed by atoms with Crippen LogP contribution in [0.25, 0.3) is 77.2 Å². The SMILES string of the molecule is COc1c(OC)c(-c2c(OC)c(OC)c(-c3cc(C(=O)O)cc(C(=O)O)c3)c3cc(-c4cc(C(=O)O)cc(C(=O)O)c4)ccc23)c2ccc(-c3cc(C(=O)O)cc(C(=O)O)c3)cc2c1-c1cc(C(=O)O)cc(C(=O)O)c1. The minimum Gasteiger partial charge on any atom is -0.492 e. The molecule has 0 amide bonds. The van der Waals surface area contributed by atoms with Gasteiger partial charge in [0.2, 0.25) is 0 Å². The first-order chi connectivity index (χ1) is 36.1. The fourth-order valence-electron chi connectivity index (χ4n) is 9.21. The van der Waals surface area contributed by atoms with Gasteiger partial charge in [-0.15, -0.1) is 0 Å². The molecule has 0 unspecified atom stereocenters. The highest BCUT2D eigenvalue weighted by atomic mass is 16.5. The number of rotatable bonds is 17. The third kappa shape index (κ3) is 9.19. The Bertz CT molecular complexity index is 3520. The molecule has 0 spiro atoms. The minimum absolute atomic E-state index is 0.0297. The van der Waals surface area contributed by atoms with Crippen LogP contribution in [0.4, 0.5) is 0 Å². The Morgan fingerprint density at radius 1 is 0.250 bits per heavy atom. The summed E-state index contributed by atoms with van der Waals surface area (Å²) in [7, 11) is 5.02. The third-order valence-electron chi connectivity index (χ3n) is 12.5. The number of fused-ring (bicyclic) bond motifs is 2. The summed E-state index contributed by atoms with van der Waals surface area (Å²) in [5, 5.41) is 81.6. The van der Waals surface area contributed by atoms with Gasteiger partial charge in [0.05, 0.1) is 72.9 Å². The first-order valence-corrected chi connectivity index (χ1v) is 22.0. The molecule has 8 N–H and O–H groups in total. The van der Waals surface area contributed by atoms with Crippen LogP contribution in [-0.2, 0) is 0 Å². The van der Waals surface area contributed by atoms with Crippen LogP contribution in [0.1, 0.15) is 82.9 Å². The summed E-state index contributed by atoms with van der Waals surface area (Å²) in [6.07, 6.45) is 0. The molecule has 8 aromatic carbocycles. The minimum atomic E-state index is -1.50. The molecule has 0 aliphatic carbocycles. The Morgan fingerprint density at radius 3 is 0.671 bits per heavy atom. The monoisotopic (exact) mass is 1030 g/mol. The molecule has 76 heavy (non-hydrogen) atoms. The van der Waals surface area contributed by atoms with Gasteiger partial charge in [-0.2, -0.15) is 0 Å². The first-order valence-electron chi connectivity index (χ1n) is 22.0. The fraction of sp³-hybridized carbons (Fsp3) is 0.0714. The highest BCUT2D eigenvalue weighted by Crippen LogP contribution is 2.58. The van der Waals surface area contributed by atoms with Gasteiger partial charge in [-0.3, -0.25) is 0 Å². The average molecular weight is 1030 g/mol. The number of benzene rings is 8. The molecule has 0 fully saturated rings. The van der Waals surface area contributed by atoms with E-state index in [1.54, 1.807) is 12.1 Å². The molecule has 0 aromatic heterocycles. The van der Waals surface area contributed by atoms with Crippen molar-refractivity contribution in [3.8, 4) is 78.6 Å². The quantitative estimate of drug-likeness (QED) is 0.0420. The number of carboxylic acid groups (broad SMARTS) is 8. The number of aromatic carboxylic acids is 8. The van der Waals surface area contributed by atoms with Gasteiger partial charge in [0.15, 0.2) is 23.0 Å². The molecular formula is C56H38O20. The van der Waals surface area contributed by atoms with Crippen molar-refractivity contribution >= 4 is 69.3 Å². The van der Waals surface area contributed by atoms with Crippen molar-refractivity contribution in [2.75, 3.05) is 28.4 Å². The Kier molecular flexibility index (Phi) is 13.6. The van der Waals surface area contributed by atoms with E-state index >= 15 is 0 Å². The van der Waals surface area contributed by atoms with Crippen LogP contribution in [0.3, 0.4) is 0 Å². The smallest absolute Gasteiger partial charge is 0.335 e. The van der Waals surface area contributed by atoms with Gasteiger partial charge < -0.3 is 59.8 Å². The Hall–Kier alpha value is -10.8. The molecule has 0 aliphatic heterocycles. The number of ether oxygens (including phenoxy) is 4. The lowest BCUT2D eigenvalue weighted by atomic mass is 9.83. The summed E-state index contributed by atoms with van der Waals surface area (Å²) >= 11 is 0. The van der Waals surface area contributed by atoms with E-state index < -0.39 is 70.0 Å². The van der Waals surface area contributed by atoms with Gasteiger partial charge in [0.1, 0.15) is 0 Å². The van der Waals surface area contributed by atoms with E-state index in [1.165, 1.54) is 101 Å². The van der Waals surface area contributed by atoms with Crippen LogP contribution in [0.15, 0.2) is 109 Å². The Morgan fingerprint density at radius 2 is 0.461 bits per heavy atom. The topological polar surface area (TPSA) is 335 Å². The lowest BCUT2D eigenvalue weighted by molar-refractivity contribution is 0.0676. The summed E-state index contributed by atoms with van der Waals surface area (Å²) in [4.78, 5) is 99.5. The van der Waals surface area contributed by atoms with E-state index in [0.29, 0.717) is 0 Å². The van der Waals surface area contributed by atoms with Gasteiger partial charge >= 0.3 is 47.8 Å². The predicted molar refractivity (Wildman–Crippen MR) is 271 cm³/mol. The van der Waals surface area contributed by atoms with E-state index in [2.05, 4.69) is 0 Å². The van der Waals surface area contributed by atoms with Crippen LogP contribution in [0, 0.1) is 0 Å². The highest BCUT2D eigenvalue weighted by molar-refractivity contribution is 6.20. The molecule has 8 aromatic rings. The van der Waals surface area contributed by atoms with Crippen LogP contribution in [0.5, 0.6) is 23.0 Å². The van der Waals surface area contributed by atoms with Crippen molar-refractivity contribution in [1.82, 2.24) is 0 Å². The number of methoxy groups -OCH3 is 4. The summed E-state index contributed by atoms with van der Waals surface area (Å²) in [5.74, 6) is -12.3. The molecule has 382 valence electrons. The molecule has 0 saturated carbocycles. The average Bonchev–Trinajstić information content (AvgIpc) is 3.40. The Labute approximate surface area is 427 Å². The third-order valence-corrected chi connectivity index (χ3v) is 12.5. The molecule has 0 atom stereocenters. The molecule has 0 aliphatic rings. The van der Waals surface area contributed by atoms with E-state index in [1.807, 2.05) is 0 Å². The normalized spacial score (nSPS) is 10.9. The van der Waals surface area contributed by atoms with Crippen molar-refractivity contribution in [3.63, 3.8) is 0 Å². The zero-order valence-electron chi connectivity index (χ0n) is 39.9. The zero-order chi connectivity index (χ0) is 55.2. The molecule has 0 bridgehead atoms. The van der Waals surface area contributed by atoms with Crippen molar-refractivity contribution in [3.05, 3.63) is 154 Å². The van der Waals surface area contributed by atoms with E-state index in [4.69, 9.17) is 18.9 Å². The molecule has 0 saturated heterocycles. The van der Waals surface area contributed by atoms with Gasteiger partial charge in [0.25, 0.3) is 0 Å². The number of carbonyl (C=O) groups is 8. The van der Waals surface area contributed by atoms with E-state index in [-0.39, 0.29) is 122 Å². The second-order valence-corrected chi connectivity index (χ2v) is 16.8. The van der Waals surface area contributed by atoms with Crippen LogP contribution >= 0.6 is 0 Å². The van der Waals surface area contributed by atoms with Crippen molar-refractivity contribution < 1.29 is 98.2 Å². The lowest BCUT2D eigenvalue weighted by Crippen LogP contribution is -2.06. The molecular weight excluding hydrogens is 993 g/mol. The molecule has 0 heterocycles. The summed E-state index contributed by atoms with van der Waals surface area (Å²) in [6, 6.07) is 22.6. The van der Waals surface area contributed by atoms with E-state index in [0.717, 1.165) is 24.3 Å².